The van der Waals surface area contributed by atoms with E-state index in [1.807, 2.05) is 0 Å². The fraction of sp³-hybridized carbons (Fsp3) is 0.125. The maximum Gasteiger partial charge on any atom is 0.338 e. The first-order valence-electron chi connectivity index (χ1n) is 9.91. The molecule has 6 nitrogen and oxygen atoms in total. The highest BCUT2D eigenvalue weighted by atomic mass is 35.5. The smallest absolute Gasteiger partial charge is 0.338 e. The highest BCUT2D eigenvalue weighted by Gasteiger charge is 2.36. The third kappa shape index (κ3) is 4.21. The highest BCUT2D eigenvalue weighted by Crippen LogP contribution is 2.37. The van der Waals surface area contributed by atoms with Gasteiger partial charge in [-0.15, -0.1) is 11.3 Å². The molecule has 0 saturated carbocycles. The van der Waals surface area contributed by atoms with Crippen LogP contribution in [0.5, 0.6) is 0 Å². The normalized spacial score (nSPS) is 15.9. The molecule has 0 amide bonds. The van der Waals surface area contributed by atoms with Crippen molar-refractivity contribution < 1.29 is 9.53 Å². The van der Waals surface area contributed by atoms with Gasteiger partial charge in [0.15, 0.2) is 0 Å². The zero-order chi connectivity index (χ0) is 23.7. The Labute approximate surface area is 203 Å². The number of carbonyl (C=O) groups is 1. The summed E-state index contributed by atoms with van der Waals surface area (Å²) < 4.78 is 7.21. The third-order valence-electron chi connectivity index (χ3n) is 5.14. The van der Waals surface area contributed by atoms with Gasteiger partial charge in [-0.05, 0) is 48.4 Å². The number of thiazole rings is 1. The maximum atomic E-state index is 13.3. The number of fused-ring (bicyclic) bond motifs is 1. The number of nitrogens with two attached hydrogens (primary N) is 1. The predicted molar refractivity (Wildman–Crippen MR) is 130 cm³/mol. The number of carbonyl (C=O) groups excluding carboxylic acids is 1. The molecule has 0 bridgehead atoms. The van der Waals surface area contributed by atoms with Gasteiger partial charge >= 0.3 is 5.97 Å². The Hall–Kier alpha value is -3.31. The molecule has 0 saturated heterocycles. The fourth-order valence-electron chi connectivity index (χ4n) is 3.65. The minimum atomic E-state index is -0.798. The minimum absolute atomic E-state index is 0.0162. The molecule has 1 aromatic heterocycles. The zero-order valence-corrected chi connectivity index (χ0v) is 19.7. The molecular weight excluding hydrogens is 481 g/mol. The van der Waals surface area contributed by atoms with E-state index < -0.39 is 17.4 Å². The summed E-state index contributed by atoms with van der Waals surface area (Å²) in [7, 11) is 0. The van der Waals surface area contributed by atoms with Crippen LogP contribution in [0, 0.1) is 11.3 Å². The number of nitrogens with zero attached hydrogens (tertiary/aromatic N) is 2. The second-order valence-corrected chi connectivity index (χ2v) is 9.04. The fourth-order valence-corrected chi connectivity index (χ4v) is 5.07. The van der Waals surface area contributed by atoms with E-state index >= 15 is 0 Å². The number of aromatic nitrogens is 1. The molecule has 1 atom stereocenters. The first-order valence-corrected chi connectivity index (χ1v) is 11.5. The summed E-state index contributed by atoms with van der Waals surface area (Å²) in [6.45, 7) is 1.82. The van der Waals surface area contributed by atoms with Crippen molar-refractivity contribution in [2.24, 2.45) is 5.73 Å². The van der Waals surface area contributed by atoms with Gasteiger partial charge in [0.25, 0.3) is 5.56 Å². The van der Waals surface area contributed by atoms with Crippen molar-refractivity contribution in [3.05, 3.63) is 94.8 Å². The van der Waals surface area contributed by atoms with E-state index in [4.69, 9.17) is 33.7 Å². The molecule has 3 aromatic rings. The van der Waals surface area contributed by atoms with Crippen LogP contribution in [0.25, 0.3) is 17.5 Å². The molecule has 0 spiro atoms. The van der Waals surface area contributed by atoms with Gasteiger partial charge in [-0.1, -0.05) is 47.5 Å². The Morgan fingerprint density at radius 3 is 2.36 bits per heavy atom. The monoisotopic (exact) mass is 497 g/mol. The van der Waals surface area contributed by atoms with Gasteiger partial charge in [-0.3, -0.25) is 9.36 Å². The first kappa shape index (κ1) is 22.9. The lowest BCUT2D eigenvalue weighted by molar-refractivity contribution is -0.136. The highest BCUT2D eigenvalue weighted by molar-refractivity contribution is 7.07. The van der Waals surface area contributed by atoms with Gasteiger partial charge < -0.3 is 10.5 Å². The number of halogens is 2. The van der Waals surface area contributed by atoms with Gasteiger partial charge in [0.2, 0.25) is 0 Å². The lowest BCUT2D eigenvalue weighted by Gasteiger charge is -2.24. The number of ether oxygens (including phenoxy) is 1. The summed E-state index contributed by atoms with van der Waals surface area (Å²) >= 11 is 13.1. The summed E-state index contributed by atoms with van der Waals surface area (Å²) in [6, 6.07) is 15.8. The van der Waals surface area contributed by atoms with Crippen molar-refractivity contribution in [1.82, 2.24) is 4.57 Å². The average molecular weight is 498 g/mol. The molecule has 1 aliphatic heterocycles. The van der Waals surface area contributed by atoms with Crippen LogP contribution in [-0.4, -0.2) is 17.1 Å². The van der Waals surface area contributed by atoms with Crippen LogP contribution in [-0.2, 0) is 9.53 Å². The minimum Gasteiger partial charge on any atom is -0.463 e. The van der Waals surface area contributed by atoms with Gasteiger partial charge in [-0.25, -0.2) is 4.79 Å². The molecule has 2 aromatic carbocycles. The zero-order valence-electron chi connectivity index (χ0n) is 17.3. The molecule has 4 rings (SSSR count). The summed E-state index contributed by atoms with van der Waals surface area (Å²) in [5, 5.41) is 11.0. The number of hydrogen-bond donors (Lipinski definition) is 1. The van der Waals surface area contributed by atoms with Crippen LogP contribution in [0.3, 0.4) is 0 Å². The number of hydrogen-bond acceptors (Lipinski definition) is 6. The van der Waals surface area contributed by atoms with E-state index in [2.05, 4.69) is 6.07 Å². The maximum absolute atomic E-state index is 13.3. The molecule has 0 aliphatic carbocycles. The lowest BCUT2D eigenvalue weighted by Crippen LogP contribution is -2.40. The standard InChI is InChI=1S/C24H17Cl2N3O3S/c1-2-32-24(31)20-19(14-5-9-16(26)10-6-14)17(12-27)21(28)29-22(30)18(33-23(20)29)11-13-3-7-15(25)8-4-13/h3-11,19H,2,28H2,1H3. The Morgan fingerprint density at radius 1 is 1.18 bits per heavy atom. The second kappa shape index (κ2) is 9.28. The molecule has 0 radical (unpaired) electrons. The van der Waals surface area contributed by atoms with Gasteiger partial charge in [-0.2, -0.15) is 5.26 Å². The van der Waals surface area contributed by atoms with Crippen molar-refractivity contribution in [1.29, 1.82) is 5.26 Å². The van der Waals surface area contributed by atoms with Crippen molar-refractivity contribution in [2.45, 2.75) is 12.8 Å². The van der Waals surface area contributed by atoms with Gasteiger partial charge in [0.05, 0.1) is 34.3 Å². The average Bonchev–Trinajstić information content (AvgIpc) is 3.11. The molecule has 1 aliphatic rings. The summed E-state index contributed by atoms with van der Waals surface area (Å²) in [5.41, 5.74) is 7.57. The van der Waals surface area contributed by atoms with Crippen LogP contribution < -0.4 is 20.5 Å². The van der Waals surface area contributed by atoms with Gasteiger partial charge in [0, 0.05) is 10.0 Å². The van der Waals surface area contributed by atoms with Gasteiger partial charge in [0.1, 0.15) is 10.5 Å². The molecule has 166 valence electrons. The van der Waals surface area contributed by atoms with Crippen molar-refractivity contribution in [3.63, 3.8) is 0 Å². The predicted octanol–water partition coefficient (Wildman–Crippen LogP) is 3.21. The van der Waals surface area contributed by atoms with E-state index in [9.17, 15) is 14.9 Å². The van der Waals surface area contributed by atoms with Crippen LogP contribution in [0.15, 0.2) is 58.9 Å². The summed E-state index contributed by atoms with van der Waals surface area (Å²) in [6.07, 6.45) is 1.69. The topological polar surface area (TPSA) is 98.1 Å². The summed E-state index contributed by atoms with van der Waals surface area (Å²) in [5.74, 6) is -1.43. The van der Waals surface area contributed by atoms with Crippen LogP contribution >= 0.6 is 34.5 Å². The van der Waals surface area contributed by atoms with E-state index in [0.29, 0.717) is 24.8 Å². The molecule has 1 unspecified atom stereocenters. The lowest BCUT2D eigenvalue weighted by atomic mass is 9.84. The van der Waals surface area contributed by atoms with Crippen LogP contribution in [0.1, 0.15) is 24.0 Å². The Morgan fingerprint density at radius 2 is 1.79 bits per heavy atom. The SMILES string of the molecule is CCOC(=O)C1=c2sc(=Cc3ccc(Cl)cc3)c(=O)n2C(N)=C(C#N)C1c1ccc(Cl)cc1. The van der Waals surface area contributed by atoms with Crippen molar-refractivity contribution >= 4 is 58.0 Å². The third-order valence-corrected chi connectivity index (χ3v) is 6.75. The van der Waals surface area contributed by atoms with Crippen molar-refractivity contribution in [3.8, 4) is 6.07 Å². The Balaban J connectivity index is 2.08. The molecule has 0 fully saturated rings. The van der Waals surface area contributed by atoms with Crippen LogP contribution in [0.4, 0.5) is 0 Å². The molecular formula is C24H17Cl2N3O3S. The molecule has 2 N–H and O–H groups in total. The number of allylic oxidation sites excluding steroid dienone is 1. The van der Waals surface area contributed by atoms with Crippen LogP contribution in [0.2, 0.25) is 10.0 Å². The van der Waals surface area contributed by atoms with E-state index in [1.165, 1.54) is 4.57 Å². The van der Waals surface area contributed by atoms with Crippen molar-refractivity contribution in [2.75, 3.05) is 6.61 Å². The number of esters is 1. The quantitative estimate of drug-likeness (QED) is 0.558. The van der Waals surface area contributed by atoms with E-state index in [-0.39, 0.29) is 23.6 Å². The Bertz CT molecular complexity index is 1490. The molecule has 9 heteroatoms. The largest absolute Gasteiger partial charge is 0.463 e. The first-order chi connectivity index (χ1) is 15.8. The van der Waals surface area contributed by atoms with E-state index in [0.717, 1.165) is 16.9 Å². The molecule has 2 heterocycles. The second-order valence-electron chi connectivity index (χ2n) is 7.14. The number of benzene rings is 2. The van der Waals surface area contributed by atoms with E-state index in [1.54, 1.807) is 61.5 Å². The summed E-state index contributed by atoms with van der Waals surface area (Å²) in [4.78, 5) is 26.4. The number of nitriles is 1. The molecule has 33 heavy (non-hydrogen) atoms. The Kier molecular flexibility index (Phi) is 6.43. The number of rotatable bonds is 4.